The fraction of sp³-hybridized carbons (Fsp3) is 0.148. The minimum atomic E-state index is -0.404. The molecule has 0 atom stereocenters. The van der Waals surface area contributed by atoms with Gasteiger partial charge >= 0.3 is 5.69 Å². The molecule has 5 rings (SSSR count). The van der Waals surface area contributed by atoms with Gasteiger partial charge in [0.25, 0.3) is 5.56 Å². The van der Waals surface area contributed by atoms with Gasteiger partial charge < -0.3 is 4.98 Å². The molecule has 0 saturated heterocycles. The van der Waals surface area contributed by atoms with Crippen molar-refractivity contribution in [1.82, 2.24) is 19.1 Å². The van der Waals surface area contributed by atoms with Crippen LogP contribution in [-0.4, -0.2) is 25.4 Å². The Morgan fingerprint density at radius 1 is 0.943 bits per heavy atom. The predicted octanol–water partition coefficient (Wildman–Crippen LogP) is 5.95. The molecule has 176 valence electrons. The number of fused-ring (bicyclic) bond motifs is 1. The number of nitrogens with one attached hydrogen (secondary N) is 1. The Morgan fingerprint density at radius 3 is 2.31 bits per heavy atom. The lowest BCUT2D eigenvalue weighted by atomic mass is 10.1. The number of H-pyrrole nitrogens is 1. The second kappa shape index (κ2) is 9.87. The van der Waals surface area contributed by atoms with Crippen LogP contribution in [0.3, 0.4) is 0 Å². The van der Waals surface area contributed by atoms with Crippen LogP contribution in [-0.2, 0) is 6.54 Å². The number of aromatic amines is 1. The molecule has 0 bridgehead atoms. The highest BCUT2D eigenvalue weighted by Gasteiger charge is 2.19. The SMILES string of the molecule is CCCn1c(=O)n(-c2ccc(-c3ccccc3SC)cc2)c(=O)c2[nH]c(-c3ccc(I)cc3)nc21. The Balaban J connectivity index is 1.67. The number of hydrogen-bond donors (Lipinski definition) is 1. The highest BCUT2D eigenvalue weighted by atomic mass is 127. The number of hydrogen-bond acceptors (Lipinski definition) is 4. The molecule has 0 aliphatic carbocycles. The molecule has 2 heterocycles. The Bertz CT molecular complexity index is 1630. The normalized spacial score (nSPS) is 11.3. The Hall–Kier alpha value is -3.11. The Labute approximate surface area is 220 Å². The highest BCUT2D eigenvalue weighted by Crippen LogP contribution is 2.30. The van der Waals surface area contributed by atoms with Gasteiger partial charge in [-0.15, -0.1) is 11.8 Å². The zero-order valence-corrected chi connectivity index (χ0v) is 22.3. The van der Waals surface area contributed by atoms with Crippen molar-refractivity contribution in [3.63, 3.8) is 0 Å². The molecule has 0 fully saturated rings. The topological polar surface area (TPSA) is 72.7 Å². The predicted molar refractivity (Wildman–Crippen MR) is 152 cm³/mol. The summed E-state index contributed by atoms with van der Waals surface area (Å²) in [4.78, 5) is 36.0. The van der Waals surface area contributed by atoms with Crippen LogP contribution >= 0.6 is 34.4 Å². The smallest absolute Gasteiger partial charge is 0.332 e. The molecule has 0 spiro atoms. The van der Waals surface area contributed by atoms with Gasteiger partial charge in [0.05, 0.1) is 5.69 Å². The van der Waals surface area contributed by atoms with Crippen molar-refractivity contribution in [2.45, 2.75) is 24.8 Å². The summed E-state index contributed by atoms with van der Waals surface area (Å²) in [5.41, 5.74) is 3.46. The van der Waals surface area contributed by atoms with Crippen molar-refractivity contribution in [1.29, 1.82) is 0 Å². The van der Waals surface area contributed by atoms with Gasteiger partial charge in [-0.3, -0.25) is 9.36 Å². The van der Waals surface area contributed by atoms with Gasteiger partial charge in [0, 0.05) is 20.6 Å². The average Bonchev–Trinajstić information content (AvgIpc) is 3.33. The molecule has 6 nitrogen and oxygen atoms in total. The quantitative estimate of drug-likeness (QED) is 0.195. The summed E-state index contributed by atoms with van der Waals surface area (Å²) in [5, 5.41) is 0. The van der Waals surface area contributed by atoms with Crippen LogP contribution < -0.4 is 11.2 Å². The summed E-state index contributed by atoms with van der Waals surface area (Å²) in [6.45, 7) is 2.46. The summed E-state index contributed by atoms with van der Waals surface area (Å²) < 4.78 is 3.93. The number of thioether (sulfide) groups is 1. The fourth-order valence-electron chi connectivity index (χ4n) is 4.19. The van der Waals surface area contributed by atoms with Crippen LogP contribution in [0.5, 0.6) is 0 Å². The second-order valence-electron chi connectivity index (χ2n) is 8.11. The molecule has 2 aromatic heterocycles. The fourth-order valence-corrected chi connectivity index (χ4v) is 5.17. The summed E-state index contributed by atoms with van der Waals surface area (Å²) in [6, 6.07) is 23.6. The number of imidazole rings is 1. The third-order valence-corrected chi connectivity index (χ3v) is 7.40. The molecule has 0 unspecified atom stereocenters. The minimum absolute atomic E-state index is 0.323. The lowest BCUT2D eigenvalue weighted by Gasteiger charge is -2.12. The average molecular weight is 594 g/mol. The third-order valence-electron chi connectivity index (χ3n) is 5.89. The standard InChI is InChI=1S/C27H23IN4O2S/c1-3-16-31-25-23(29-24(30-25)18-8-12-19(28)13-9-18)26(33)32(27(31)34)20-14-10-17(11-15-20)21-6-4-5-7-22(21)35-2/h4-15H,3,16H2,1-2H3,(H,29,30). The van der Waals surface area contributed by atoms with Crippen molar-refractivity contribution in [3.8, 4) is 28.2 Å². The van der Waals surface area contributed by atoms with Crippen molar-refractivity contribution in [2.24, 2.45) is 0 Å². The van der Waals surface area contributed by atoms with E-state index in [-0.39, 0.29) is 5.69 Å². The molecule has 8 heteroatoms. The molecule has 0 saturated carbocycles. The maximum absolute atomic E-state index is 13.5. The van der Waals surface area contributed by atoms with E-state index >= 15 is 0 Å². The van der Waals surface area contributed by atoms with Gasteiger partial charge in [0.15, 0.2) is 11.2 Å². The van der Waals surface area contributed by atoms with Crippen molar-refractivity contribution in [3.05, 3.63) is 97.2 Å². The maximum atomic E-state index is 13.5. The number of aromatic nitrogens is 4. The van der Waals surface area contributed by atoms with Crippen LogP contribution in [0.4, 0.5) is 0 Å². The molecular weight excluding hydrogens is 571 g/mol. The van der Waals surface area contributed by atoms with E-state index in [1.807, 2.05) is 73.8 Å². The zero-order valence-electron chi connectivity index (χ0n) is 19.3. The molecule has 0 amide bonds. The van der Waals surface area contributed by atoms with Crippen LogP contribution in [0.1, 0.15) is 13.3 Å². The molecule has 35 heavy (non-hydrogen) atoms. The van der Waals surface area contributed by atoms with Crippen molar-refractivity contribution >= 4 is 45.5 Å². The molecule has 5 aromatic rings. The van der Waals surface area contributed by atoms with E-state index in [4.69, 9.17) is 0 Å². The first-order valence-corrected chi connectivity index (χ1v) is 13.6. The van der Waals surface area contributed by atoms with Crippen molar-refractivity contribution < 1.29 is 0 Å². The second-order valence-corrected chi connectivity index (χ2v) is 10.2. The first-order valence-electron chi connectivity index (χ1n) is 11.3. The number of rotatable bonds is 6. The number of halogens is 1. The highest BCUT2D eigenvalue weighted by molar-refractivity contribution is 14.1. The zero-order chi connectivity index (χ0) is 24.5. The van der Waals surface area contributed by atoms with Gasteiger partial charge in [-0.2, -0.15) is 0 Å². The van der Waals surface area contributed by atoms with E-state index in [1.165, 1.54) is 9.46 Å². The molecule has 0 aliphatic rings. The van der Waals surface area contributed by atoms with Crippen LogP contribution in [0.25, 0.3) is 39.4 Å². The van der Waals surface area contributed by atoms with E-state index in [9.17, 15) is 9.59 Å². The third kappa shape index (κ3) is 4.36. The van der Waals surface area contributed by atoms with Crippen LogP contribution in [0.15, 0.2) is 87.3 Å². The van der Waals surface area contributed by atoms with Crippen LogP contribution in [0.2, 0.25) is 0 Å². The number of nitrogens with zero attached hydrogens (tertiary/aromatic N) is 3. The first kappa shape index (κ1) is 23.6. The lowest BCUT2D eigenvalue weighted by molar-refractivity contribution is 0.632. The lowest BCUT2D eigenvalue weighted by Crippen LogP contribution is -2.39. The summed E-state index contributed by atoms with van der Waals surface area (Å²) in [6.07, 6.45) is 2.79. The van der Waals surface area contributed by atoms with Crippen molar-refractivity contribution in [2.75, 3.05) is 6.26 Å². The van der Waals surface area contributed by atoms with Gasteiger partial charge in [0.1, 0.15) is 5.82 Å². The van der Waals surface area contributed by atoms with E-state index < -0.39 is 5.56 Å². The minimum Gasteiger partial charge on any atom is -0.332 e. The van der Waals surface area contributed by atoms with E-state index in [2.05, 4.69) is 44.7 Å². The maximum Gasteiger partial charge on any atom is 0.337 e. The monoisotopic (exact) mass is 594 g/mol. The Kier molecular flexibility index (Phi) is 6.66. The largest absolute Gasteiger partial charge is 0.337 e. The van der Waals surface area contributed by atoms with Gasteiger partial charge in [-0.05, 0) is 76.7 Å². The van der Waals surface area contributed by atoms with Gasteiger partial charge in [0.2, 0.25) is 0 Å². The molecular formula is C27H23IN4O2S. The number of aryl methyl sites for hydroxylation is 1. The van der Waals surface area contributed by atoms with E-state index in [0.717, 1.165) is 26.7 Å². The molecule has 3 aromatic carbocycles. The van der Waals surface area contributed by atoms with Gasteiger partial charge in [-0.25, -0.2) is 14.3 Å². The number of benzene rings is 3. The van der Waals surface area contributed by atoms with Crippen LogP contribution in [0, 0.1) is 3.57 Å². The summed E-state index contributed by atoms with van der Waals surface area (Å²) in [5.74, 6) is 0.569. The molecule has 1 N–H and O–H groups in total. The first-order chi connectivity index (χ1) is 17.0. The Morgan fingerprint density at radius 2 is 1.63 bits per heavy atom. The molecule has 0 radical (unpaired) electrons. The molecule has 0 aliphatic heterocycles. The summed E-state index contributed by atoms with van der Waals surface area (Å²) >= 11 is 3.93. The summed E-state index contributed by atoms with van der Waals surface area (Å²) in [7, 11) is 0. The van der Waals surface area contributed by atoms with E-state index in [0.29, 0.717) is 29.2 Å². The van der Waals surface area contributed by atoms with E-state index in [1.54, 1.807) is 16.3 Å². The van der Waals surface area contributed by atoms with Gasteiger partial charge in [-0.1, -0.05) is 49.4 Å².